The summed E-state index contributed by atoms with van der Waals surface area (Å²) in [6.45, 7) is 1.61. The average molecular weight is 308 g/mol. The van der Waals surface area contributed by atoms with Crippen molar-refractivity contribution in [1.82, 2.24) is 10.3 Å². The highest BCUT2D eigenvalue weighted by atomic mass is 19.1. The molecule has 2 N–H and O–H groups in total. The molecule has 1 amide bonds. The average Bonchev–Trinajstić information content (AvgIpc) is 2.46. The van der Waals surface area contributed by atoms with Crippen molar-refractivity contribution in [3.63, 3.8) is 0 Å². The minimum atomic E-state index is -0.821. The molecule has 0 aliphatic heterocycles. The topological polar surface area (TPSA) is 71.2 Å². The number of aromatic nitrogens is 1. The number of rotatable bonds is 5. The van der Waals surface area contributed by atoms with Crippen LogP contribution >= 0.6 is 0 Å². The Morgan fingerprint density at radius 3 is 2.82 bits per heavy atom. The van der Waals surface area contributed by atoms with Crippen molar-refractivity contribution in [2.75, 3.05) is 6.61 Å². The van der Waals surface area contributed by atoms with Gasteiger partial charge in [-0.25, -0.2) is 8.78 Å². The minimum Gasteiger partial charge on any atom is -0.488 e. The Bertz CT molecular complexity index is 731. The van der Waals surface area contributed by atoms with E-state index in [1.54, 1.807) is 6.92 Å². The second-order valence-electron chi connectivity index (χ2n) is 4.67. The van der Waals surface area contributed by atoms with Gasteiger partial charge >= 0.3 is 0 Å². The molecule has 0 bridgehead atoms. The number of amides is 1. The zero-order valence-electron chi connectivity index (χ0n) is 11.7. The number of aromatic amines is 1. The van der Waals surface area contributed by atoms with Gasteiger partial charge in [-0.15, -0.1) is 0 Å². The van der Waals surface area contributed by atoms with Crippen LogP contribution in [-0.2, 0) is 0 Å². The first kappa shape index (κ1) is 15.7. The number of carbonyl (C=O) groups excluding carboxylic acids is 1. The van der Waals surface area contributed by atoms with Crippen LogP contribution in [0, 0.1) is 11.6 Å². The number of nitrogens with one attached hydrogen (secondary N) is 2. The Morgan fingerprint density at radius 1 is 1.36 bits per heavy atom. The second-order valence-corrected chi connectivity index (χ2v) is 4.67. The molecule has 1 heterocycles. The number of halogens is 2. The highest BCUT2D eigenvalue weighted by Gasteiger charge is 2.14. The van der Waals surface area contributed by atoms with Crippen LogP contribution in [0.25, 0.3) is 0 Å². The van der Waals surface area contributed by atoms with Gasteiger partial charge in [0.2, 0.25) is 0 Å². The van der Waals surface area contributed by atoms with Crippen molar-refractivity contribution in [3.05, 3.63) is 64.1 Å². The van der Waals surface area contributed by atoms with E-state index in [1.807, 2.05) is 0 Å². The monoisotopic (exact) mass is 308 g/mol. The Labute approximate surface area is 124 Å². The van der Waals surface area contributed by atoms with Gasteiger partial charge in [-0.1, -0.05) is 0 Å². The lowest BCUT2D eigenvalue weighted by Gasteiger charge is -2.15. The van der Waals surface area contributed by atoms with E-state index in [2.05, 4.69) is 10.3 Å². The first-order valence-corrected chi connectivity index (χ1v) is 6.54. The van der Waals surface area contributed by atoms with Crippen molar-refractivity contribution in [1.29, 1.82) is 0 Å². The predicted octanol–water partition coefficient (Wildman–Crippen LogP) is 1.85. The van der Waals surface area contributed by atoms with E-state index in [-0.39, 0.29) is 17.9 Å². The molecule has 2 aromatic rings. The smallest absolute Gasteiger partial charge is 0.260 e. The third-order valence-corrected chi connectivity index (χ3v) is 2.82. The fourth-order valence-electron chi connectivity index (χ4n) is 1.75. The summed E-state index contributed by atoms with van der Waals surface area (Å²) in [5.41, 5.74) is -0.528. The van der Waals surface area contributed by atoms with Crippen molar-refractivity contribution >= 4 is 5.91 Å². The largest absolute Gasteiger partial charge is 0.488 e. The summed E-state index contributed by atoms with van der Waals surface area (Å²) < 4.78 is 31.3. The third kappa shape index (κ3) is 3.91. The predicted molar refractivity (Wildman–Crippen MR) is 75.8 cm³/mol. The Balaban J connectivity index is 1.93. The molecule has 5 nitrogen and oxygen atoms in total. The molecule has 0 spiro atoms. The SMILES string of the molecule is C[C@H](COc1ccc(F)cc1F)NC(=O)c1ccc[nH]c1=O. The maximum Gasteiger partial charge on any atom is 0.260 e. The van der Waals surface area contributed by atoms with E-state index in [9.17, 15) is 18.4 Å². The lowest BCUT2D eigenvalue weighted by molar-refractivity contribution is 0.0924. The van der Waals surface area contributed by atoms with Crippen molar-refractivity contribution in [2.45, 2.75) is 13.0 Å². The van der Waals surface area contributed by atoms with Crippen LogP contribution in [0.1, 0.15) is 17.3 Å². The molecule has 0 aliphatic carbocycles. The molecule has 0 fully saturated rings. The van der Waals surface area contributed by atoms with Crippen molar-refractivity contribution in [2.24, 2.45) is 0 Å². The number of hydrogen-bond acceptors (Lipinski definition) is 3. The number of hydrogen-bond donors (Lipinski definition) is 2. The first-order chi connectivity index (χ1) is 10.5. The van der Waals surface area contributed by atoms with Crippen LogP contribution in [0.5, 0.6) is 5.75 Å². The van der Waals surface area contributed by atoms with Crippen molar-refractivity contribution in [3.8, 4) is 5.75 Å². The summed E-state index contributed by atoms with van der Waals surface area (Å²) >= 11 is 0. The van der Waals surface area contributed by atoms with Crippen molar-refractivity contribution < 1.29 is 18.3 Å². The van der Waals surface area contributed by atoms with E-state index < -0.39 is 29.1 Å². The number of ether oxygens (including phenoxy) is 1. The lowest BCUT2D eigenvalue weighted by Crippen LogP contribution is -2.39. The van der Waals surface area contributed by atoms with Gasteiger partial charge in [-0.2, -0.15) is 0 Å². The molecule has 1 aromatic carbocycles. The van der Waals surface area contributed by atoms with Crippen LogP contribution in [0.2, 0.25) is 0 Å². The summed E-state index contributed by atoms with van der Waals surface area (Å²) in [4.78, 5) is 25.7. The van der Waals surface area contributed by atoms with Crippen LogP contribution in [0.4, 0.5) is 8.78 Å². The Hall–Kier alpha value is -2.70. The van der Waals surface area contributed by atoms with Crippen LogP contribution in [-0.4, -0.2) is 23.5 Å². The van der Waals surface area contributed by atoms with E-state index in [0.717, 1.165) is 6.07 Å². The molecule has 1 aromatic heterocycles. The highest BCUT2D eigenvalue weighted by Crippen LogP contribution is 2.17. The lowest BCUT2D eigenvalue weighted by atomic mass is 10.2. The summed E-state index contributed by atoms with van der Waals surface area (Å²) in [7, 11) is 0. The van der Waals surface area contributed by atoms with Gasteiger partial charge in [0.1, 0.15) is 18.0 Å². The standard InChI is InChI=1S/C15H14F2N2O3/c1-9(8-22-13-5-4-10(16)7-12(13)17)19-15(21)11-3-2-6-18-14(11)20/h2-7,9H,8H2,1H3,(H,18,20)(H,19,21)/t9-/m1/s1. The van der Waals surface area contributed by atoms with Gasteiger partial charge in [0.15, 0.2) is 11.6 Å². The Morgan fingerprint density at radius 2 is 2.14 bits per heavy atom. The second kappa shape index (κ2) is 6.84. The van der Waals surface area contributed by atoms with Gasteiger partial charge in [0.25, 0.3) is 11.5 Å². The molecule has 116 valence electrons. The number of pyridine rings is 1. The molecule has 0 aliphatic rings. The van der Waals surface area contributed by atoms with Crippen LogP contribution in [0.15, 0.2) is 41.3 Å². The summed E-state index contributed by atoms with van der Waals surface area (Å²) in [6.07, 6.45) is 1.42. The molecule has 2 rings (SSSR count). The first-order valence-electron chi connectivity index (χ1n) is 6.54. The quantitative estimate of drug-likeness (QED) is 0.885. The zero-order chi connectivity index (χ0) is 16.1. The molecule has 0 saturated carbocycles. The van der Waals surface area contributed by atoms with Crippen LogP contribution in [0.3, 0.4) is 0 Å². The molecule has 0 radical (unpaired) electrons. The zero-order valence-corrected chi connectivity index (χ0v) is 11.7. The normalized spacial score (nSPS) is 11.8. The van der Waals surface area contributed by atoms with Gasteiger partial charge in [-0.05, 0) is 31.2 Å². The summed E-state index contributed by atoms with van der Waals surface area (Å²) in [6, 6.07) is 5.40. The third-order valence-electron chi connectivity index (χ3n) is 2.82. The summed E-state index contributed by atoms with van der Waals surface area (Å²) in [5, 5.41) is 2.56. The molecular weight excluding hydrogens is 294 g/mol. The Kier molecular flexibility index (Phi) is 4.88. The fraction of sp³-hybridized carbons (Fsp3) is 0.200. The molecule has 1 atom stereocenters. The maximum absolute atomic E-state index is 13.4. The number of benzene rings is 1. The molecular formula is C15H14F2N2O3. The van der Waals surface area contributed by atoms with Gasteiger partial charge in [0.05, 0.1) is 6.04 Å². The molecule has 7 heteroatoms. The van der Waals surface area contributed by atoms with E-state index in [1.165, 1.54) is 24.4 Å². The van der Waals surface area contributed by atoms with E-state index in [4.69, 9.17) is 4.74 Å². The summed E-state index contributed by atoms with van der Waals surface area (Å²) in [5.74, 6) is -2.19. The number of H-pyrrole nitrogens is 1. The molecule has 0 saturated heterocycles. The van der Waals surface area contributed by atoms with Crippen LogP contribution < -0.4 is 15.6 Å². The van der Waals surface area contributed by atoms with Gasteiger partial charge in [-0.3, -0.25) is 9.59 Å². The van der Waals surface area contributed by atoms with Gasteiger partial charge < -0.3 is 15.0 Å². The molecule has 0 unspecified atom stereocenters. The highest BCUT2D eigenvalue weighted by molar-refractivity contribution is 5.93. The van der Waals surface area contributed by atoms with E-state index >= 15 is 0 Å². The maximum atomic E-state index is 13.4. The molecule has 22 heavy (non-hydrogen) atoms. The number of carbonyl (C=O) groups is 1. The van der Waals surface area contributed by atoms with E-state index in [0.29, 0.717) is 6.07 Å². The van der Waals surface area contributed by atoms with Gasteiger partial charge in [0, 0.05) is 12.3 Å². The minimum absolute atomic E-state index is 0.0256. The fourth-order valence-corrected chi connectivity index (χ4v) is 1.75.